The van der Waals surface area contributed by atoms with Crippen LogP contribution in [0.1, 0.15) is 35.7 Å². The molecule has 3 rings (SSSR count). The summed E-state index contributed by atoms with van der Waals surface area (Å²) in [4.78, 5) is 13.8. The zero-order chi connectivity index (χ0) is 15.7. The Bertz CT molecular complexity index is 781. The highest BCUT2D eigenvalue weighted by Crippen LogP contribution is 2.32. The van der Waals surface area contributed by atoms with E-state index in [0.717, 1.165) is 4.88 Å². The van der Waals surface area contributed by atoms with E-state index >= 15 is 0 Å². The van der Waals surface area contributed by atoms with Gasteiger partial charge in [0.05, 0.1) is 22.6 Å². The van der Waals surface area contributed by atoms with Crippen LogP contribution in [0, 0.1) is 0 Å². The van der Waals surface area contributed by atoms with E-state index in [9.17, 15) is 13.2 Å². The largest absolute Gasteiger partial charge is 0.349 e. The van der Waals surface area contributed by atoms with Gasteiger partial charge in [-0.1, -0.05) is 24.3 Å². The molecule has 6 heteroatoms. The number of sulfone groups is 1. The maximum atomic E-state index is 12.4. The minimum absolute atomic E-state index is 0.0680. The van der Waals surface area contributed by atoms with Crippen LogP contribution in [0.25, 0.3) is 0 Å². The fraction of sp³-hybridized carbons (Fsp3) is 0.312. The van der Waals surface area contributed by atoms with E-state index in [-0.39, 0.29) is 23.6 Å². The minimum Gasteiger partial charge on any atom is -0.349 e. The maximum Gasteiger partial charge on any atom is 0.228 e. The summed E-state index contributed by atoms with van der Waals surface area (Å²) in [6, 6.07) is 10.5. The number of nitrogens with one attached hydrogen (secondary N) is 1. The van der Waals surface area contributed by atoms with Gasteiger partial charge in [-0.05, 0) is 36.4 Å². The van der Waals surface area contributed by atoms with Gasteiger partial charge in [-0.3, -0.25) is 4.79 Å². The molecule has 0 fully saturated rings. The summed E-state index contributed by atoms with van der Waals surface area (Å²) in [6.45, 7) is 1.87. The molecule has 0 radical (unpaired) electrons. The first-order chi connectivity index (χ1) is 10.5. The zero-order valence-corrected chi connectivity index (χ0v) is 13.8. The van der Waals surface area contributed by atoms with E-state index in [1.165, 1.54) is 0 Å². The molecule has 0 saturated heterocycles. The molecule has 4 nitrogen and oxygen atoms in total. The van der Waals surface area contributed by atoms with Gasteiger partial charge in [0.15, 0.2) is 9.84 Å². The van der Waals surface area contributed by atoms with Crippen LogP contribution in [-0.2, 0) is 14.6 Å². The summed E-state index contributed by atoms with van der Waals surface area (Å²) in [5.74, 6) is -0.227. The molecule has 1 aliphatic heterocycles. The second-order valence-corrected chi connectivity index (χ2v) is 8.50. The van der Waals surface area contributed by atoms with Gasteiger partial charge in [-0.25, -0.2) is 8.42 Å². The topological polar surface area (TPSA) is 63.2 Å². The lowest BCUT2D eigenvalue weighted by Gasteiger charge is -2.27. The highest BCUT2D eigenvalue weighted by molar-refractivity contribution is 7.91. The van der Waals surface area contributed by atoms with Crippen molar-refractivity contribution in [1.29, 1.82) is 0 Å². The molecule has 1 aliphatic rings. The predicted molar refractivity (Wildman–Crippen MR) is 86.7 cm³/mol. The number of thiophene rings is 1. The molecule has 1 aromatic carbocycles. The molecule has 2 aromatic rings. The molecule has 2 heterocycles. The van der Waals surface area contributed by atoms with E-state index in [0.29, 0.717) is 16.9 Å². The predicted octanol–water partition coefficient (Wildman–Crippen LogP) is 2.89. The molecule has 0 bridgehead atoms. The molecule has 116 valence electrons. The number of carbonyl (C=O) groups excluding carboxylic acids is 1. The number of rotatable bonds is 3. The lowest BCUT2D eigenvalue weighted by atomic mass is 10.0. The van der Waals surface area contributed by atoms with Crippen LogP contribution in [0.4, 0.5) is 0 Å². The van der Waals surface area contributed by atoms with Gasteiger partial charge < -0.3 is 5.32 Å². The average molecular weight is 335 g/mol. The monoisotopic (exact) mass is 335 g/mol. The van der Waals surface area contributed by atoms with Crippen LogP contribution in [0.5, 0.6) is 0 Å². The molecule has 1 amide bonds. The summed E-state index contributed by atoms with van der Waals surface area (Å²) in [5.41, 5.74) is 0.695. The zero-order valence-electron chi connectivity index (χ0n) is 12.2. The van der Waals surface area contributed by atoms with Crippen molar-refractivity contribution in [2.24, 2.45) is 0 Å². The van der Waals surface area contributed by atoms with Crippen molar-refractivity contribution < 1.29 is 13.2 Å². The van der Waals surface area contributed by atoms with Crippen LogP contribution < -0.4 is 5.32 Å². The van der Waals surface area contributed by atoms with E-state index in [1.54, 1.807) is 29.5 Å². The Morgan fingerprint density at radius 1 is 1.27 bits per heavy atom. The van der Waals surface area contributed by atoms with Crippen LogP contribution in [0.15, 0.2) is 46.7 Å². The summed E-state index contributed by atoms with van der Waals surface area (Å²) in [5, 5.41) is 4.95. The van der Waals surface area contributed by atoms with Crippen LogP contribution in [-0.4, -0.2) is 20.1 Å². The highest BCUT2D eigenvalue weighted by Gasteiger charge is 2.31. The molecular formula is C16H17NO3S2. The van der Waals surface area contributed by atoms with Gasteiger partial charge in [0, 0.05) is 4.88 Å². The molecule has 1 N–H and O–H groups in total. The standard InChI is InChI=1S/C16H17NO3S2/c1-11(14-6-4-9-21-14)16(18)17-13-8-10-22(19,20)15-7-3-2-5-12(13)15/h2-7,9,11,13H,8,10H2,1H3,(H,17,18). The number of hydrogen-bond acceptors (Lipinski definition) is 4. The summed E-state index contributed by atoms with van der Waals surface area (Å²) >= 11 is 1.55. The van der Waals surface area contributed by atoms with E-state index in [2.05, 4.69) is 5.32 Å². The van der Waals surface area contributed by atoms with Gasteiger partial charge in [-0.2, -0.15) is 0 Å². The third-order valence-corrected chi connectivity index (χ3v) is 6.85. The summed E-state index contributed by atoms with van der Waals surface area (Å²) in [6.07, 6.45) is 0.419. The van der Waals surface area contributed by atoms with E-state index < -0.39 is 9.84 Å². The molecule has 0 spiro atoms. The lowest BCUT2D eigenvalue weighted by Crippen LogP contribution is -2.35. The highest BCUT2D eigenvalue weighted by atomic mass is 32.2. The van der Waals surface area contributed by atoms with Crippen molar-refractivity contribution in [1.82, 2.24) is 5.32 Å². The number of carbonyl (C=O) groups is 1. The molecule has 2 unspecified atom stereocenters. The number of amides is 1. The molecule has 22 heavy (non-hydrogen) atoms. The minimum atomic E-state index is -3.22. The Kier molecular flexibility index (Phi) is 4.06. The Morgan fingerprint density at radius 2 is 2.05 bits per heavy atom. The fourth-order valence-electron chi connectivity index (χ4n) is 2.70. The Balaban J connectivity index is 1.83. The third kappa shape index (κ3) is 2.80. The lowest BCUT2D eigenvalue weighted by molar-refractivity contribution is -0.123. The van der Waals surface area contributed by atoms with Crippen LogP contribution in [0.2, 0.25) is 0 Å². The Hall–Kier alpha value is -1.66. The second kappa shape index (κ2) is 5.85. The van der Waals surface area contributed by atoms with Crippen molar-refractivity contribution in [3.8, 4) is 0 Å². The van der Waals surface area contributed by atoms with Crippen molar-refractivity contribution in [3.63, 3.8) is 0 Å². The average Bonchev–Trinajstić information content (AvgIpc) is 3.04. The number of fused-ring (bicyclic) bond motifs is 1. The number of hydrogen-bond donors (Lipinski definition) is 1. The maximum absolute atomic E-state index is 12.4. The molecular weight excluding hydrogens is 318 g/mol. The van der Waals surface area contributed by atoms with E-state index in [4.69, 9.17) is 0 Å². The molecule has 1 aromatic heterocycles. The van der Waals surface area contributed by atoms with Crippen molar-refractivity contribution in [2.45, 2.75) is 30.2 Å². The quantitative estimate of drug-likeness (QED) is 0.938. The molecule has 2 atom stereocenters. The number of benzene rings is 1. The first-order valence-corrected chi connectivity index (χ1v) is 9.67. The Labute approximate surface area is 134 Å². The van der Waals surface area contributed by atoms with Crippen molar-refractivity contribution in [3.05, 3.63) is 52.2 Å². The first kappa shape index (κ1) is 15.2. The molecule has 0 aliphatic carbocycles. The smallest absolute Gasteiger partial charge is 0.228 e. The summed E-state index contributed by atoms with van der Waals surface area (Å²) in [7, 11) is -3.22. The normalized spacial score (nSPS) is 20.9. The SMILES string of the molecule is CC(C(=O)NC1CCS(=O)(=O)c2ccccc21)c1cccs1. The van der Waals surface area contributed by atoms with Crippen molar-refractivity contribution in [2.75, 3.05) is 5.75 Å². The fourth-order valence-corrected chi connectivity index (χ4v) is 5.11. The van der Waals surface area contributed by atoms with Gasteiger partial charge in [0.2, 0.25) is 5.91 Å². The second-order valence-electron chi connectivity index (χ2n) is 5.44. The molecule has 0 saturated carbocycles. The van der Waals surface area contributed by atoms with Gasteiger partial charge in [-0.15, -0.1) is 11.3 Å². The van der Waals surface area contributed by atoms with Crippen molar-refractivity contribution >= 4 is 27.1 Å². The van der Waals surface area contributed by atoms with Gasteiger partial charge >= 0.3 is 0 Å². The third-order valence-electron chi connectivity index (χ3n) is 3.98. The van der Waals surface area contributed by atoms with Crippen LogP contribution in [0.3, 0.4) is 0 Å². The van der Waals surface area contributed by atoms with E-state index in [1.807, 2.05) is 30.5 Å². The summed E-state index contributed by atoms with van der Waals surface area (Å²) < 4.78 is 24.2. The van der Waals surface area contributed by atoms with Gasteiger partial charge in [0.1, 0.15) is 0 Å². The first-order valence-electron chi connectivity index (χ1n) is 7.14. The van der Waals surface area contributed by atoms with Crippen LogP contribution >= 0.6 is 11.3 Å². The van der Waals surface area contributed by atoms with Gasteiger partial charge in [0.25, 0.3) is 0 Å². The Morgan fingerprint density at radius 3 is 2.77 bits per heavy atom.